The van der Waals surface area contributed by atoms with Crippen LogP contribution in [0.2, 0.25) is 0 Å². The van der Waals surface area contributed by atoms with E-state index in [-0.39, 0.29) is 17.8 Å². The summed E-state index contributed by atoms with van der Waals surface area (Å²) in [6.45, 7) is 7.82. The molecule has 0 unspecified atom stereocenters. The lowest BCUT2D eigenvalue weighted by molar-refractivity contribution is 0.218. The highest BCUT2D eigenvalue weighted by Crippen LogP contribution is 2.28. The molecule has 0 spiro atoms. The lowest BCUT2D eigenvalue weighted by Crippen LogP contribution is -2.23. The molecule has 0 bridgehead atoms. The van der Waals surface area contributed by atoms with Crippen molar-refractivity contribution in [1.29, 1.82) is 0 Å². The highest BCUT2D eigenvalue weighted by Gasteiger charge is 2.22. The van der Waals surface area contributed by atoms with E-state index in [9.17, 15) is 9.50 Å². The van der Waals surface area contributed by atoms with E-state index in [0.29, 0.717) is 6.42 Å². The summed E-state index contributed by atoms with van der Waals surface area (Å²) in [6, 6.07) is 3.44. The Labute approximate surface area is 90.9 Å². The Morgan fingerprint density at radius 1 is 1.33 bits per heavy atom. The molecule has 0 aliphatic rings. The first-order valence-corrected chi connectivity index (χ1v) is 5.32. The number of aryl methyl sites for hydroxylation is 2. The molecule has 1 rings (SSSR count). The van der Waals surface area contributed by atoms with Gasteiger partial charge >= 0.3 is 0 Å². The van der Waals surface area contributed by atoms with Crippen LogP contribution in [0.25, 0.3) is 0 Å². The Morgan fingerprint density at radius 2 is 1.93 bits per heavy atom. The molecule has 0 aliphatic carbocycles. The van der Waals surface area contributed by atoms with Gasteiger partial charge in [0.25, 0.3) is 0 Å². The van der Waals surface area contributed by atoms with Gasteiger partial charge in [0.15, 0.2) is 0 Å². The van der Waals surface area contributed by atoms with E-state index >= 15 is 0 Å². The maximum atomic E-state index is 13.5. The minimum Gasteiger partial charge on any atom is -0.395 e. The quantitative estimate of drug-likeness (QED) is 0.813. The average Bonchev–Trinajstić information content (AvgIpc) is 2.17. The second-order valence-electron chi connectivity index (χ2n) is 4.65. The van der Waals surface area contributed by atoms with E-state index in [1.54, 1.807) is 6.07 Å². The van der Waals surface area contributed by atoms with Crippen LogP contribution in [0.1, 0.15) is 37.5 Å². The molecule has 1 N–H and O–H groups in total. The largest absolute Gasteiger partial charge is 0.395 e. The molecular weight excluding hydrogens is 191 g/mol. The molecular formula is C13H19FO. The molecule has 0 fully saturated rings. The number of hydrogen-bond acceptors (Lipinski definition) is 1. The van der Waals surface area contributed by atoms with E-state index in [0.717, 1.165) is 16.7 Å². The molecule has 0 aromatic heterocycles. The standard InChI is InChI=1S/C13H19FO/c1-5-10-7-11(13(3,4)8-15)9(2)6-12(10)14/h6-7,15H,5,8H2,1-4H3. The molecule has 2 heteroatoms. The van der Waals surface area contributed by atoms with E-state index in [4.69, 9.17) is 0 Å². The summed E-state index contributed by atoms with van der Waals surface area (Å²) >= 11 is 0. The van der Waals surface area contributed by atoms with Crippen molar-refractivity contribution in [3.63, 3.8) is 0 Å². The van der Waals surface area contributed by atoms with E-state index in [2.05, 4.69) is 0 Å². The van der Waals surface area contributed by atoms with Crippen molar-refractivity contribution in [2.24, 2.45) is 0 Å². The van der Waals surface area contributed by atoms with Crippen molar-refractivity contribution in [2.45, 2.75) is 39.5 Å². The Balaban J connectivity index is 3.30. The Bertz CT molecular complexity index is 356. The maximum Gasteiger partial charge on any atom is 0.126 e. The van der Waals surface area contributed by atoms with E-state index < -0.39 is 0 Å². The number of halogens is 1. The fraction of sp³-hybridized carbons (Fsp3) is 0.538. The summed E-state index contributed by atoms with van der Waals surface area (Å²) in [5, 5.41) is 9.31. The summed E-state index contributed by atoms with van der Waals surface area (Å²) in [6.07, 6.45) is 0.681. The zero-order valence-corrected chi connectivity index (χ0v) is 9.89. The van der Waals surface area contributed by atoms with Gasteiger partial charge in [-0.05, 0) is 36.1 Å². The van der Waals surface area contributed by atoms with Crippen LogP contribution in [-0.4, -0.2) is 11.7 Å². The molecule has 0 heterocycles. The van der Waals surface area contributed by atoms with Crippen LogP contribution in [0, 0.1) is 12.7 Å². The molecule has 1 nitrogen and oxygen atoms in total. The third-order valence-corrected chi connectivity index (χ3v) is 2.90. The number of aliphatic hydroxyl groups excluding tert-OH is 1. The summed E-state index contributed by atoms with van der Waals surface area (Å²) < 4.78 is 13.5. The topological polar surface area (TPSA) is 20.2 Å². The van der Waals surface area contributed by atoms with Crippen molar-refractivity contribution in [3.05, 3.63) is 34.6 Å². The summed E-state index contributed by atoms with van der Waals surface area (Å²) in [7, 11) is 0. The molecule has 0 radical (unpaired) electrons. The summed E-state index contributed by atoms with van der Waals surface area (Å²) in [4.78, 5) is 0. The van der Waals surface area contributed by atoms with E-state index in [1.165, 1.54) is 0 Å². The third-order valence-electron chi connectivity index (χ3n) is 2.90. The number of hydrogen-bond donors (Lipinski definition) is 1. The van der Waals surface area contributed by atoms with Crippen molar-refractivity contribution in [2.75, 3.05) is 6.61 Å². The van der Waals surface area contributed by atoms with Gasteiger partial charge in [-0.3, -0.25) is 0 Å². The molecule has 15 heavy (non-hydrogen) atoms. The Morgan fingerprint density at radius 3 is 2.40 bits per heavy atom. The van der Waals surface area contributed by atoms with Crippen LogP contribution in [0.15, 0.2) is 12.1 Å². The third kappa shape index (κ3) is 2.37. The lowest BCUT2D eigenvalue weighted by atomic mass is 9.81. The van der Waals surface area contributed by atoms with Gasteiger partial charge in [-0.15, -0.1) is 0 Å². The molecule has 1 aromatic rings. The zero-order chi connectivity index (χ0) is 11.6. The van der Waals surface area contributed by atoms with Crippen molar-refractivity contribution < 1.29 is 9.50 Å². The monoisotopic (exact) mass is 210 g/mol. The highest BCUT2D eigenvalue weighted by molar-refractivity contribution is 5.37. The first-order chi connectivity index (χ1) is 6.92. The van der Waals surface area contributed by atoms with Gasteiger partial charge in [-0.25, -0.2) is 4.39 Å². The number of rotatable bonds is 3. The first kappa shape index (κ1) is 12.2. The first-order valence-electron chi connectivity index (χ1n) is 5.32. The molecule has 0 saturated carbocycles. The number of aliphatic hydroxyl groups is 1. The van der Waals surface area contributed by atoms with Crippen LogP contribution in [0.5, 0.6) is 0 Å². The normalized spacial score (nSPS) is 11.9. The minimum absolute atomic E-state index is 0.0721. The lowest BCUT2D eigenvalue weighted by Gasteiger charge is -2.25. The van der Waals surface area contributed by atoms with Gasteiger partial charge < -0.3 is 5.11 Å². The van der Waals surface area contributed by atoms with Gasteiger partial charge in [-0.2, -0.15) is 0 Å². The van der Waals surface area contributed by atoms with E-state index in [1.807, 2.05) is 33.8 Å². The SMILES string of the molecule is CCc1cc(C(C)(C)CO)c(C)cc1F. The van der Waals surface area contributed by atoms with Gasteiger partial charge in [0.2, 0.25) is 0 Å². The number of benzene rings is 1. The van der Waals surface area contributed by atoms with Crippen LogP contribution in [0.4, 0.5) is 4.39 Å². The van der Waals surface area contributed by atoms with Crippen LogP contribution < -0.4 is 0 Å². The predicted octanol–water partition coefficient (Wildman–Crippen LogP) is 2.97. The smallest absolute Gasteiger partial charge is 0.126 e. The van der Waals surface area contributed by atoms with Crippen LogP contribution in [-0.2, 0) is 11.8 Å². The Hall–Kier alpha value is -0.890. The van der Waals surface area contributed by atoms with Crippen molar-refractivity contribution in [1.82, 2.24) is 0 Å². The Kier molecular flexibility index (Phi) is 3.50. The fourth-order valence-corrected chi connectivity index (χ4v) is 1.80. The van der Waals surface area contributed by atoms with Gasteiger partial charge in [0, 0.05) is 5.41 Å². The highest BCUT2D eigenvalue weighted by atomic mass is 19.1. The minimum atomic E-state index is -0.304. The summed E-state index contributed by atoms with van der Waals surface area (Å²) in [5.74, 6) is -0.146. The average molecular weight is 210 g/mol. The molecule has 0 amide bonds. The fourth-order valence-electron chi connectivity index (χ4n) is 1.80. The second-order valence-corrected chi connectivity index (χ2v) is 4.65. The van der Waals surface area contributed by atoms with Gasteiger partial charge in [0.1, 0.15) is 5.82 Å². The van der Waals surface area contributed by atoms with Gasteiger partial charge in [0.05, 0.1) is 6.61 Å². The van der Waals surface area contributed by atoms with Gasteiger partial charge in [-0.1, -0.05) is 26.8 Å². The molecule has 0 aliphatic heterocycles. The maximum absolute atomic E-state index is 13.5. The summed E-state index contributed by atoms with van der Waals surface area (Å²) in [5.41, 5.74) is 2.35. The van der Waals surface area contributed by atoms with Crippen molar-refractivity contribution >= 4 is 0 Å². The second kappa shape index (κ2) is 4.31. The molecule has 1 aromatic carbocycles. The van der Waals surface area contributed by atoms with Crippen LogP contribution in [0.3, 0.4) is 0 Å². The zero-order valence-electron chi connectivity index (χ0n) is 9.89. The van der Waals surface area contributed by atoms with Crippen LogP contribution >= 0.6 is 0 Å². The molecule has 0 atom stereocenters. The predicted molar refractivity (Wildman–Crippen MR) is 60.6 cm³/mol. The molecule has 0 saturated heterocycles. The molecule has 84 valence electrons. The van der Waals surface area contributed by atoms with Crippen molar-refractivity contribution in [3.8, 4) is 0 Å².